The van der Waals surface area contributed by atoms with Crippen LogP contribution < -0.4 is 4.74 Å². The van der Waals surface area contributed by atoms with Crippen molar-refractivity contribution in [2.75, 3.05) is 6.61 Å². The number of hydrogen-bond acceptors (Lipinski definition) is 2. The first-order valence-electron chi connectivity index (χ1n) is 5.30. The van der Waals surface area contributed by atoms with Gasteiger partial charge < -0.3 is 9.84 Å². The number of hydrogen-bond donors (Lipinski definition) is 1. The van der Waals surface area contributed by atoms with E-state index in [4.69, 9.17) is 9.84 Å². The normalized spacial score (nSPS) is 14.1. The summed E-state index contributed by atoms with van der Waals surface area (Å²) in [6.45, 7) is 4.47. The van der Waals surface area contributed by atoms with Gasteiger partial charge in [0.05, 0.1) is 5.57 Å². The maximum Gasteiger partial charge on any atom is 0.336 e. The van der Waals surface area contributed by atoms with Crippen molar-refractivity contribution in [1.82, 2.24) is 0 Å². The molecule has 0 saturated heterocycles. The molecular formula is C13H14O3. The van der Waals surface area contributed by atoms with Crippen LogP contribution in [-0.4, -0.2) is 17.7 Å². The van der Waals surface area contributed by atoms with Gasteiger partial charge >= 0.3 is 5.97 Å². The van der Waals surface area contributed by atoms with E-state index in [1.54, 1.807) is 12.1 Å². The van der Waals surface area contributed by atoms with E-state index in [0.29, 0.717) is 23.7 Å². The lowest BCUT2D eigenvalue weighted by molar-refractivity contribution is -0.130. The molecule has 0 radical (unpaired) electrons. The van der Waals surface area contributed by atoms with E-state index in [2.05, 4.69) is 13.8 Å². The van der Waals surface area contributed by atoms with Gasteiger partial charge in [-0.2, -0.15) is 0 Å². The van der Waals surface area contributed by atoms with E-state index in [-0.39, 0.29) is 0 Å². The fourth-order valence-corrected chi connectivity index (χ4v) is 1.90. The molecule has 0 atom stereocenters. The second-order valence-corrected chi connectivity index (χ2v) is 4.11. The monoisotopic (exact) mass is 218 g/mol. The quantitative estimate of drug-likeness (QED) is 0.830. The van der Waals surface area contributed by atoms with Crippen LogP contribution in [0.3, 0.4) is 0 Å². The van der Waals surface area contributed by atoms with E-state index in [1.165, 1.54) is 0 Å². The van der Waals surface area contributed by atoms with Gasteiger partial charge in [0.25, 0.3) is 0 Å². The van der Waals surface area contributed by atoms with Gasteiger partial charge in [0.15, 0.2) is 0 Å². The van der Waals surface area contributed by atoms with E-state index in [9.17, 15) is 4.79 Å². The smallest absolute Gasteiger partial charge is 0.336 e. The zero-order chi connectivity index (χ0) is 11.7. The second kappa shape index (κ2) is 4.00. The molecule has 1 aliphatic heterocycles. The minimum Gasteiger partial charge on any atom is -0.489 e. The van der Waals surface area contributed by atoms with Crippen molar-refractivity contribution in [2.24, 2.45) is 0 Å². The van der Waals surface area contributed by atoms with Crippen LogP contribution in [0.1, 0.15) is 30.9 Å². The third-order valence-electron chi connectivity index (χ3n) is 2.70. The minimum atomic E-state index is -0.898. The van der Waals surface area contributed by atoms with Crippen molar-refractivity contribution in [1.29, 1.82) is 0 Å². The standard InChI is InChI=1S/C13H14O3/c1-8(2)9-4-3-5-10-11(13(14)15)6-7-16-12(9)10/h3-6,8H,7H2,1-2H3,(H,14,15). The Morgan fingerprint density at radius 2 is 2.19 bits per heavy atom. The number of para-hydroxylation sites is 1. The second-order valence-electron chi connectivity index (χ2n) is 4.11. The first-order valence-corrected chi connectivity index (χ1v) is 5.30. The number of rotatable bonds is 2. The van der Waals surface area contributed by atoms with Gasteiger partial charge in [-0.15, -0.1) is 0 Å². The molecule has 3 heteroatoms. The first kappa shape index (κ1) is 10.7. The molecular weight excluding hydrogens is 204 g/mol. The largest absolute Gasteiger partial charge is 0.489 e. The maximum atomic E-state index is 11.1. The average Bonchev–Trinajstić information content (AvgIpc) is 2.27. The Hall–Kier alpha value is -1.77. The van der Waals surface area contributed by atoms with Gasteiger partial charge in [-0.05, 0) is 17.6 Å². The predicted octanol–water partition coefficient (Wildman–Crippen LogP) is 2.67. The summed E-state index contributed by atoms with van der Waals surface area (Å²) >= 11 is 0. The number of aliphatic carboxylic acids is 1. The summed E-state index contributed by atoms with van der Waals surface area (Å²) in [7, 11) is 0. The van der Waals surface area contributed by atoms with E-state index >= 15 is 0 Å². The van der Waals surface area contributed by atoms with Crippen LogP contribution >= 0.6 is 0 Å². The Labute approximate surface area is 94.4 Å². The Balaban J connectivity index is 2.58. The molecule has 84 valence electrons. The molecule has 0 spiro atoms. The van der Waals surface area contributed by atoms with Crippen LogP contribution in [0.25, 0.3) is 5.57 Å². The average molecular weight is 218 g/mol. The third-order valence-corrected chi connectivity index (χ3v) is 2.70. The predicted molar refractivity (Wildman–Crippen MR) is 61.6 cm³/mol. The van der Waals surface area contributed by atoms with Gasteiger partial charge in [0, 0.05) is 5.56 Å². The molecule has 3 nitrogen and oxygen atoms in total. The van der Waals surface area contributed by atoms with Crippen molar-refractivity contribution in [3.05, 3.63) is 35.4 Å². The number of benzene rings is 1. The lowest BCUT2D eigenvalue weighted by atomic mass is 9.94. The highest BCUT2D eigenvalue weighted by Crippen LogP contribution is 2.36. The molecule has 0 bridgehead atoms. The van der Waals surface area contributed by atoms with Crippen LogP contribution in [0.15, 0.2) is 24.3 Å². The van der Waals surface area contributed by atoms with E-state index in [0.717, 1.165) is 11.3 Å². The fourth-order valence-electron chi connectivity index (χ4n) is 1.90. The van der Waals surface area contributed by atoms with Gasteiger partial charge in [0.1, 0.15) is 12.4 Å². The highest BCUT2D eigenvalue weighted by atomic mass is 16.5. The Bertz CT molecular complexity index is 458. The van der Waals surface area contributed by atoms with Crippen molar-refractivity contribution in [2.45, 2.75) is 19.8 Å². The number of carboxylic acids is 1. The van der Waals surface area contributed by atoms with Crippen LogP contribution in [0.2, 0.25) is 0 Å². The lowest BCUT2D eigenvalue weighted by Crippen LogP contribution is -2.12. The molecule has 1 aromatic rings. The van der Waals surface area contributed by atoms with Crippen LogP contribution in [0, 0.1) is 0 Å². The van der Waals surface area contributed by atoms with Gasteiger partial charge in [0.2, 0.25) is 0 Å². The zero-order valence-electron chi connectivity index (χ0n) is 9.36. The number of carboxylic acid groups (broad SMARTS) is 1. The van der Waals surface area contributed by atoms with Crippen LogP contribution in [0.4, 0.5) is 0 Å². The lowest BCUT2D eigenvalue weighted by Gasteiger charge is -2.21. The van der Waals surface area contributed by atoms with Gasteiger partial charge in [-0.1, -0.05) is 32.0 Å². The van der Waals surface area contributed by atoms with E-state index < -0.39 is 5.97 Å². The maximum absolute atomic E-state index is 11.1. The third kappa shape index (κ3) is 1.69. The summed E-state index contributed by atoms with van der Waals surface area (Å²) in [5, 5.41) is 9.09. The summed E-state index contributed by atoms with van der Waals surface area (Å²) in [5.74, 6) is 0.144. The van der Waals surface area contributed by atoms with Gasteiger partial charge in [-0.3, -0.25) is 0 Å². The van der Waals surface area contributed by atoms with Crippen molar-refractivity contribution in [3.8, 4) is 5.75 Å². The summed E-state index contributed by atoms with van der Waals surface area (Å²) in [6.07, 6.45) is 1.61. The number of ether oxygens (including phenoxy) is 1. The molecule has 2 rings (SSSR count). The van der Waals surface area contributed by atoms with Crippen LogP contribution in [0.5, 0.6) is 5.75 Å². The zero-order valence-corrected chi connectivity index (χ0v) is 9.36. The Kier molecular flexibility index (Phi) is 2.69. The van der Waals surface area contributed by atoms with Crippen LogP contribution in [-0.2, 0) is 4.79 Å². The molecule has 0 saturated carbocycles. The molecule has 1 aromatic carbocycles. The topological polar surface area (TPSA) is 46.5 Å². The minimum absolute atomic E-state index is 0.322. The molecule has 1 aliphatic rings. The molecule has 0 unspecified atom stereocenters. The number of carbonyl (C=O) groups is 1. The molecule has 0 aromatic heterocycles. The van der Waals surface area contributed by atoms with Crippen molar-refractivity contribution >= 4 is 11.5 Å². The number of fused-ring (bicyclic) bond motifs is 1. The molecule has 0 amide bonds. The summed E-state index contributed by atoms with van der Waals surface area (Å²) in [4.78, 5) is 11.1. The summed E-state index contributed by atoms with van der Waals surface area (Å²) in [6, 6.07) is 5.65. The summed E-state index contributed by atoms with van der Waals surface area (Å²) < 4.78 is 5.56. The summed E-state index contributed by atoms with van der Waals surface area (Å²) in [5.41, 5.74) is 2.08. The Morgan fingerprint density at radius 3 is 2.81 bits per heavy atom. The highest BCUT2D eigenvalue weighted by molar-refractivity contribution is 6.16. The molecule has 0 aliphatic carbocycles. The van der Waals surface area contributed by atoms with Crippen molar-refractivity contribution in [3.63, 3.8) is 0 Å². The Morgan fingerprint density at radius 1 is 1.44 bits per heavy atom. The fraction of sp³-hybridized carbons (Fsp3) is 0.308. The first-order chi connectivity index (χ1) is 7.61. The molecule has 0 fully saturated rings. The van der Waals surface area contributed by atoms with Gasteiger partial charge in [-0.25, -0.2) is 4.79 Å². The van der Waals surface area contributed by atoms with Crippen molar-refractivity contribution < 1.29 is 14.6 Å². The highest BCUT2D eigenvalue weighted by Gasteiger charge is 2.22. The van der Waals surface area contributed by atoms with E-state index in [1.807, 2.05) is 12.1 Å². The molecule has 16 heavy (non-hydrogen) atoms. The molecule has 1 heterocycles. The SMILES string of the molecule is CC(C)c1cccc2c1OCC=C2C(=O)O. The molecule has 1 N–H and O–H groups in total.